The molecule has 142 valence electrons. The molecule has 0 aliphatic heterocycles. The molecule has 0 saturated heterocycles. The van der Waals surface area contributed by atoms with Crippen molar-refractivity contribution in [2.24, 2.45) is 0 Å². The Labute approximate surface area is 163 Å². The highest BCUT2D eigenvalue weighted by Gasteiger charge is 2.08. The summed E-state index contributed by atoms with van der Waals surface area (Å²) in [5.74, 6) is -0.824. The van der Waals surface area contributed by atoms with Gasteiger partial charge in [0.15, 0.2) is 11.5 Å². The molecule has 2 aromatic rings. The summed E-state index contributed by atoms with van der Waals surface area (Å²) in [4.78, 5) is 12.1. The number of phenols is 3. The number of amides is 1. The molecule has 2 rings (SSSR count). The number of carbonyl (C=O) groups is 1. The summed E-state index contributed by atoms with van der Waals surface area (Å²) in [5.41, 5.74) is 2.22. The van der Waals surface area contributed by atoms with Crippen LogP contribution in [0.15, 0.2) is 66.3 Å². The lowest BCUT2D eigenvalue weighted by atomic mass is 10.1. The molecule has 28 heavy (non-hydrogen) atoms. The first-order valence-electron chi connectivity index (χ1n) is 8.44. The fraction of sp³-hybridized carbons (Fsp3) is 0.0909. The summed E-state index contributed by atoms with van der Waals surface area (Å²) in [6, 6.07) is 11.3. The minimum absolute atomic E-state index is 0.0619. The van der Waals surface area contributed by atoms with Gasteiger partial charge in [-0.1, -0.05) is 36.4 Å². The number of hydrogen-bond acceptors (Lipinski definition) is 5. The molecule has 0 aliphatic rings. The van der Waals surface area contributed by atoms with Crippen LogP contribution in [0.1, 0.15) is 16.7 Å². The van der Waals surface area contributed by atoms with Gasteiger partial charge in [0.05, 0.1) is 0 Å². The van der Waals surface area contributed by atoms with E-state index in [2.05, 4.69) is 5.32 Å². The van der Waals surface area contributed by atoms with Crippen LogP contribution in [0.25, 0.3) is 6.08 Å². The Hall–Kier alpha value is -3.98. The van der Waals surface area contributed by atoms with Crippen LogP contribution < -0.4 is 5.32 Å². The number of nitrogens with zero attached hydrogens (tertiary/aromatic N) is 1. The van der Waals surface area contributed by atoms with Crippen LogP contribution >= 0.6 is 0 Å². The molecule has 0 aliphatic carbocycles. The molecule has 0 spiro atoms. The number of aromatic hydroxyl groups is 3. The highest BCUT2D eigenvalue weighted by molar-refractivity contribution is 5.97. The lowest BCUT2D eigenvalue weighted by Gasteiger charge is -2.05. The second-order valence-electron chi connectivity index (χ2n) is 5.99. The van der Waals surface area contributed by atoms with Crippen molar-refractivity contribution in [3.63, 3.8) is 0 Å². The van der Waals surface area contributed by atoms with Crippen molar-refractivity contribution in [3.05, 3.63) is 83.0 Å². The van der Waals surface area contributed by atoms with Crippen LogP contribution in [-0.2, 0) is 11.3 Å². The van der Waals surface area contributed by atoms with E-state index in [1.54, 1.807) is 36.4 Å². The Morgan fingerprint density at radius 2 is 1.79 bits per heavy atom. The number of benzene rings is 2. The van der Waals surface area contributed by atoms with E-state index < -0.39 is 5.91 Å². The third-order valence-corrected chi connectivity index (χ3v) is 3.85. The van der Waals surface area contributed by atoms with Gasteiger partial charge < -0.3 is 20.6 Å². The molecular weight excluding hydrogens is 356 g/mol. The minimum atomic E-state index is -0.544. The third-order valence-electron chi connectivity index (χ3n) is 3.85. The summed E-state index contributed by atoms with van der Waals surface area (Å²) < 4.78 is 0. The maximum atomic E-state index is 12.1. The molecule has 0 radical (unpaired) electrons. The van der Waals surface area contributed by atoms with Crippen molar-refractivity contribution >= 4 is 12.0 Å². The molecule has 4 N–H and O–H groups in total. The lowest BCUT2D eigenvalue weighted by molar-refractivity contribution is -0.117. The molecule has 0 unspecified atom stereocenters. The fourth-order valence-corrected chi connectivity index (χ4v) is 2.29. The summed E-state index contributed by atoms with van der Waals surface area (Å²) in [6.45, 7) is 1.91. The zero-order valence-electron chi connectivity index (χ0n) is 15.3. The van der Waals surface area contributed by atoms with Crippen LogP contribution in [0.4, 0.5) is 0 Å². The molecule has 6 heteroatoms. The number of hydrogen-bond donors (Lipinski definition) is 4. The average molecular weight is 376 g/mol. The lowest BCUT2D eigenvalue weighted by Crippen LogP contribution is -2.23. The number of phenolic OH excluding ortho intramolecular Hbond substituents is 3. The quantitative estimate of drug-likeness (QED) is 0.267. The van der Waals surface area contributed by atoms with Gasteiger partial charge in [0, 0.05) is 6.54 Å². The van der Waals surface area contributed by atoms with Crippen molar-refractivity contribution in [2.75, 3.05) is 0 Å². The number of allylic oxidation sites excluding steroid dienone is 4. The van der Waals surface area contributed by atoms with E-state index in [-0.39, 0.29) is 29.4 Å². The van der Waals surface area contributed by atoms with E-state index >= 15 is 0 Å². The standard InChI is InChI=1S/C22H20N2O4/c1-15-11-16(7-9-19(15)25)5-3-2-4-6-18(13-23)22(28)24-14-17-8-10-20(26)21(27)12-17/h2-12,25-27H,14H2,1H3,(H,24,28)/b4-2+,5-3+,18-6+. The van der Waals surface area contributed by atoms with Gasteiger partial charge in [0.2, 0.25) is 0 Å². The maximum absolute atomic E-state index is 12.1. The Balaban J connectivity index is 1.94. The first kappa shape index (κ1) is 20.3. The Morgan fingerprint density at radius 1 is 1.04 bits per heavy atom. The second kappa shape index (κ2) is 9.64. The van der Waals surface area contributed by atoms with Crippen molar-refractivity contribution in [2.45, 2.75) is 13.5 Å². The minimum Gasteiger partial charge on any atom is -0.508 e. The smallest absolute Gasteiger partial charge is 0.262 e. The van der Waals surface area contributed by atoms with E-state index in [1.807, 2.05) is 25.1 Å². The van der Waals surface area contributed by atoms with Gasteiger partial charge in [-0.2, -0.15) is 5.26 Å². The molecule has 0 fully saturated rings. The molecule has 2 aromatic carbocycles. The largest absolute Gasteiger partial charge is 0.508 e. The van der Waals surface area contributed by atoms with E-state index in [0.29, 0.717) is 5.56 Å². The predicted molar refractivity (Wildman–Crippen MR) is 106 cm³/mol. The van der Waals surface area contributed by atoms with Crippen LogP contribution in [-0.4, -0.2) is 21.2 Å². The monoisotopic (exact) mass is 376 g/mol. The van der Waals surface area contributed by atoms with Gasteiger partial charge >= 0.3 is 0 Å². The maximum Gasteiger partial charge on any atom is 0.262 e. The van der Waals surface area contributed by atoms with Crippen molar-refractivity contribution in [3.8, 4) is 23.3 Å². The highest BCUT2D eigenvalue weighted by atomic mass is 16.3. The number of nitrogens with one attached hydrogen (secondary N) is 1. The molecule has 0 bridgehead atoms. The average Bonchev–Trinajstić information content (AvgIpc) is 2.68. The number of rotatable bonds is 6. The van der Waals surface area contributed by atoms with Gasteiger partial charge in [-0.15, -0.1) is 0 Å². The van der Waals surface area contributed by atoms with E-state index in [0.717, 1.165) is 11.1 Å². The zero-order chi connectivity index (χ0) is 20.5. The molecule has 0 aromatic heterocycles. The summed E-state index contributed by atoms with van der Waals surface area (Å²) in [6.07, 6.45) is 8.25. The van der Waals surface area contributed by atoms with Gasteiger partial charge in [0.1, 0.15) is 17.4 Å². The third kappa shape index (κ3) is 5.78. The highest BCUT2D eigenvalue weighted by Crippen LogP contribution is 2.24. The van der Waals surface area contributed by atoms with E-state index in [9.17, 15) is 20.1 Å². The molecule has 1 amide bonds. The Bertz CT molecular complexity index is 998. The second-order valence-corrected chi connectivity index (χ2v) is 5.99. The van der Waals surface area contributed by atoms with Crippen LogP contribution in [0.2, 0.25) is 0 Å². The fourth-order valence-electron chi connectivity index (χ4n) is 2.29. The van der Waals surface area contributed by atoms with Crippen LogP contribution in [0, 0.1) is 18.3 Å². The van der Waals surface area contributed by atoms with Crippen molar-refractivity contribution < 1.29 is 20.1 Å². The van der Waals surface area contributed by atoms with Crippen LogP contribution in [0.5, 0.6) is 17.2 Å². The molecule has 0 heterocycles. The van der Waals surface area contributed by atoms with Crippen molar-refractivity contribution in [1.82, 2.24) is 5.32 Å². The molecule has 0 saturated carbocycles. The summed E-state index contributed by atoms with van der Waals surface area (Å²) in [5, 5.41) is 39.9. The number of nitriles is 1. The van der Waals surface area contributed by atoms with Crippen LogP contribution in [0.3, 0.4) is 0 Å². The Kier molecular flexibility index (Phi) is 7.00. The van der Waals surface area contributed by atoms with Crippen molar-refractivity contribution in [1.29, 1.82) is 5.26 Å². The molecular formula is C22H20N2O4. The van der Waals surface area contributed by atoms with E-state index in [1.165, 1.54) is 18.2 Å². The zero-order valence-corrected chi connectivity index (χ0v) is 15.3. The van der Waals surface area contributed by atoms with E-state index in [4.69, 9.17) is 5.26 Å². The van der Waals surface area contributed by atoms with Gasteiger partial charge in [0.25, 0.3) is 5.91 Å². The van der Waals surface area contributed by atoms with Gasteiger partial charge in [-0.05, 0) is 54.0 Å². The number of aryl methyl sites for hydroxylation is 1. The molecule has 6 nitrogen and oxygen atoms in total. The Morgan fingerprint density at radius 3 is 2.46 bits per heavy atom. The summed E-state index contributed by atoms with van der Waals surface area (Å²) in [7, 11) is 0. The SMILES string of the molecule is Cc1cc(/C=C/C=C/C=C(\C#N)C(=O)NCc2ccc(O)c(O)c2)ccc1O. The number of carbonyl (C=O) groups excluding carboxylic acids is 1. The normalized spacial score (nSPS) is 11.6. The topological polar surface area (TPSA) is 114 Å². The first-order chi connectivity index (χ1) is 13.4. The van der Waals surface area contributed by atoms with Gasteiger partial charge in [-0.3, -0.25) is 4.79 Å². The predicted octanol–water partition coefficient (Wildman–Crippen LogP) is 3.45. The molecule has 0 atom stereocenters. The first-order valence-corrected chi connectivity index (χ1v) is 8.44. The van der Waals surface area contributed by atoms with Gasteiger partial charge in [-0.25, -0.2) is 0 Å². The summed E-state index contributed by atoms with van der Waals surface area (Å²) >= 11 is 0.